The molecule has 5 nitrogen and oxygen atoms in total. The van der Waals surface area contributed by atoms with Crippen molar-refractivity contribution < 1.29 is 19.0 Å². The largest absolute Gasteiger partial charge is 0.470 e. The molecule has 3 aromatic rings. The zero-order chi connectivity index (χ0) is 21.1. The van der Waals surface area contributed by atoms with Gasteiger partial charge in [-0.25, -0.2) is 9.37 Å². The second-order valence-corrected chi connectivity index (χ2v) is 7.46. The fourth-order valence-electron chi connectivity index (χ4n) is 3.69. The molecule has 0 spiro atoms. The zero-order valence-electron chi connectivity index (χ0n) is 16.7. The van der Waals surface area contributed by atoms with E-state index in [0.29, 0.717) is 36.2 Å². The second kappa shape index (κ2) is 8.63. The highest BCUT2D eigenvalue weighted by atomic mass is 19.1. The smallest absolute Gasteiger partial charge is 0.250 e. The number of hydrogen-bond donors (Lipinski definition) is 1. The molecule has 1 fully saturated rings. The summed E-state index contributed by atoms with van der Waals surface area (Å²) in [4.78, 5) is 18.8. The monoisotopic (exact) mass is 406 g/mol. The number of aliphatic hydroxyl groups excluding tert-OH is 1. The highest BCUT2D eigenvalue weighted by molar-refractivity contribution is 6.09. The molecule has 0 amide bonds. The van der Waals surface area contributed by atoms with Crippen molar-refractivity contribution in [2.45, 2.75) is 26.1 Å². The molecular weight excluding hydrogens is 383 g/mol. The summed E-state index contributed by atoms with van der Waals surface area (Å²) >= 11 is 0. The van der Waals surface area contributed by atoms with Crippen LogP contribution in [-0.4, -0.2) is 35.1 Å². The van der Waals surface area contributed by atoms with Crippen LogP contribution >= 0.6 is 0 Å². The van der Waals surface area contributed by atoms with E-state index in [4.69, 9.17) is 4.74 Å². The maximum Gasteiger partial charge on any atom is 0.250 e. The number of carbonyl (C=O) groups is 1. The van der Waals surface area contributed by atoms with Crippen LogP contribution in [0.15, 0.2) is 60.8 Å². The molecule has 0 bridgehead atoms. The Kier molecular flexibility index (Phi) is 5.77. The van der Waals surface area contributed by atoms with E-state index in [1.807, 2.05) is 37.3 Å². The Balaban J connectivity index is 1.50. The molecule has 2 heterocycles. The Morgan fingerprint density at radius 3 is 2.70 bits per heavy atom. The molecule has 1 atom stereocenters. The maximum absolute atomic E-state index is 13.8. The molecule has 1 N–H and O–H groups in total. The van der Waals surface area contributed by atoms with Crippen molar-refractivity contribution in [3.63, 3.8) is 0 Å². The lowest BCUT2D eigenvalue weighted by molar-refractivity contribution is 0.103. The Morgan fingerprint density at radius 2 is 1.97 bits per heavy atom. The standard InChI is InChI=1S/C24H23FN2O3/c1-16-4-6-17(7-5-16)23(29)18-8-9-22(19(13-18)15-28)27-12-10-20(14-27)30-24-21(25)3-2-11-26-24/h2-9,11,13,20,28H,10,12,14-15H2,1H3. The van der Waals surface area contributed by atoms with Gasteiger partial charge >= 0.3 is 0 Å². The maximum atomic E-state index is 13.8. The van der Waals surface area contributed by atoms with Crippen LogP contribution in [0.25, 0.3) is 0 Å². The second-order valence-electron chi connectivity index (χ2n) is 7.46. The third-order valence-corrected chi connectivity index (χ3v) is 5.31. The van der Waals surface area contributed by atoms with E-state index in [-0.39, 0.29) is 24.4 Å². The van der Waals surface area contributed by atoms with Gasteiger partial charge in [0.2, 0.25) is 0 Å². The molecule has 30 heavy (non-hydrogen) atoms. The minimum Gasteiger partial charge on any atom is -0.470 e. The normalized spacial score (nSPS) is 16.0. The minimum atomic E-state index is -0.481. The van der Waals surface area contributed by atoms with Gasteiger partial charge in [0.05, 0.1) is 13.2 Å². The van der Waals surface area contributed by atoms with Crippen LogP contribution in [0, 0.1) is 12.7 Å². The number of nitrogens with zero attached hydrogens (tertiary/aromatic N) is 2. The fraction of sp³-hybridized carbons (Fsp3) is 0.250. The van der Waals surface area contributed by atoms with Crippen LogP contribution in [0.2, 0.25) is 0 Å². The number of ketones is 1. The third kappa shape index (κ3) is 4.19. The van der Waals surface area contributed by atoms with Crippen molar-refractivity contribution in [1.29, 1.82) is 0 Å². The van der Waals surface area contributed by atoms with Crippen LogP contribution in [0.4, 0.5) is 10.1 Å². The van der Waals surface area contributed by atoms with Gasteiger partial charge in [-0.15, -0.1) is 0 Å². The number of aryl methyl sites for hydroxylation is 1. The Morgan fingerprint density at radius 1 is 1.20 bits per heavy atom. The predicted octanol–water partition coefficient (Wildman–Crippen LogP) is 3.91. The summed E-state index contributed by atoms with van der Waals surface area (Å²) in [7, 11) is 0. The van der Waals surface area contributed by atoms with Crippen LogP contribution in [0.5, 0.6) is 5.88 Å². The number of carbonyl (C=O) groups excluding carboxylic acids is 1. The lowest BCUT2D eigenvalue weighted by Gasteiger charge is -2.22. The summed E-state index contributed by atoms with van der Waals surface area (Å²) in [5, 5.41) is 9.90. The van der Waals surface area contributed by atoms with Crippen molar-refractivity contribution in [3.05, 3.63) is 88.9 Å². The van der Waals surface area contributed by atoms with Gasteiger partial charge in [-0.1, -0.05) is 29.8 Å². The highest BCUT2D eigenvalue weighted by Gasteiger charge is 2.27. The van der Waals surface area contributed by atoms with Gasteiger partial charge in [-0.2, -0.15) is 0 Å². The number of halogens is 1. The molecule has 154 valence electrons. The number of anilines is 1. The molecule has 2 aromatic carbocycles. The first-order valence-electron chi connectivity index (χ1n) is 9.92. The number of hydrogen-bond acceptors (Lipinski definition) is 5. The Hall–Kier alpha value is -3.25. The van der Waals surface area contributed by atoms with Gasteiger partial charge in [-0.05, 0) is 37.3 Å². The van der Waals surface area contributed by atoms with Crippen molar-refractivity contribution in [2.75, 3.05) is 18.0 Å². The molecule has 0 radical (unpaired) electrons. The lowest BCUT2D eigenvalue weighted by Crippen LogP contribution is -2.26. The van der Waals surface area contributed by atoms with Gasteiger partial charge in [0.1, 0.15) is 6.10 Å². The van der Waals surface area contributed by atoms with E-state index < -0.39 is 5.82 Å². The SMILES string of the molecule is Cc1ccc(C(=O)c2ccc(N3CCC(Oc4ncccc4F)C3)c(CO)c2)cc1. The number of aromatic nitrogens is 1. The Bertz CT molecular complexity index is 1050. The molecule has 4 rings (SSSR count). The summed E-state index contributed by atoms with van der Waals surface area (Å²) in [6.07, 6.45) is 2.01. The number of pyridine rings is 1. The first-order valence-corrected chi connectivity index (χ1v) is 9.92. The van der Waals surface area contributed by atoms with Crippen molar-refractivity contribution in [3.8, 4) is 5.88 Å². The quantitative estimate of drug-likeness (QED) is 0.629. The summed E-state index contributed by atoms with van der Waals surface area (Å²) in [5.74, 6) is -0.554. The molecule has 1 aliphatic rings. The first kappa shape index (κ1) is 20.0. The van der Waals surface area contributed by atoms with E-state index >= 15 is 0 Å². The van der Waals surface area contributed by atoms with Crippen LogP contribution in [0.1, 0.15) is 33.5 Å². The molecule has 0 saturated carbocycles. The molecule has 1 unspecified atom stereocenters. The van der Waals surface area contributed by atoms with Crippen molar-refractivity contribution >= 4 is 11.5 Å². The molecule has 1 aromatic heterocycles. The van der Waals surface area contributed by atoms with Crippen LogP contribution in [-0.2, 0) is 6.61 Å². The molecular formula is C24H23FN2O3. The number of rotatable bonds is 6. The first-order chi connectivity index (χ1) is 14.5. The third-order valence-electron chi connectivity index (χ3n) is 5.31. The van der Waals surface area contributed by atoms with Crippen molar-refractivity contribution in [1.82, 2.24) is 4.98 Å². The van der Waals surface area contributed by atoms with Gasteiger partial charge in [-0.3, -0.25) is 4.79 Å². The van der Waals surface area contributed by atoms with E-state index in [2.05, 4.69) is 9.88 Å². The Labute approximate surface area is 174 Å². The molecule has 1 aliphatic heterocycles. The van der Waals surface area contributed by atoms with Gasteiger partial charge < -0.3 is 14.7 Å². The molecule has 1 saturated heterocycles. The van der Waals surface area contributed by atoms with E-state index in [0.717, 1.165) is 11.3 Å². The van der Waals surface area contributed by atoms with E-state index in [9.17, 15) is 14.3 Å². The van der Waals surface area contributed by atoms with E-state index in [1.54, 1.807) is 12.1 Å². The van der Waals surface area contributed by atoms with Crippen LogP contribution in [0.3, 0.4) is 0 Å². The van der Waals surface area contributed by atoms with Gasteiger partial charge in [0.15, 0.2) is 11.6 Å². The predicted molar refractivity (Wildman–Crippen MR) is 112 cm³/mol. The highest BCUT2D eigenvalue weighted by Crippen LogP contribution is 2.28. The number of benzene rings is 2. The van der Waals surface area contributed by atoms with Crippen molar-refractivity contribution in [2.24, 2.45) is 0 Å². The molecule has 6 heteroatoms. The van der Waals surface area contributed by atoms with Gasteiger partial charge in [0.25, 0.3) is 5.88 Å². The summed E-state index contributed by atoms with van der Waals surface area (Å²) in [6, 6.07) is 15.7. The lowest BCUT2D eigenvalue weighted by atomic mass is 9.99. The average molecular weight is 406 g/mol. The summed E-state index contributed by atoms with van der Waals surface area (Å²) in [5.41, 5.74) is 3.77. The number of aliphatic hydroxyl groups is 1. The zero-order valence-corrected chi connectivity index (χ0v) is 16.7. The fourth-order valence-corrected chi connectivity index (χ4v) is 3.69. The van der Waals surface area contributed by atoms with E-state index in [1.165, 1.54) is 18.3 Å². The van der Waals surface area contributed by atoms with Crippen LogP contribution < -0.4 is 9.64 Å². The molecule has 0 aliphatic carbocycles. The average Bonchev–Trinajstić information content (AvgIpc) is 3.23. The summed E-state index contributed by atoms with van der Waals surface area (Å²) in [6.45, 7) is 3.05. The topological polar surface area (TPSA) is 62.7 Å². The van der Waals surface area contributed by atoms with Gasteiger partial charge in [0, 0.05) is 41.5 Å². The number of ether oxygens (including phenoxy) is 1. The summed E-state index contributed by atoms with van der Waals surface area (Å²) < 4.78 is 19.5. The minimum absolute atomic E-state index is 0.00535.